The number of rotatable bonds is 10. The third-order valence-electron chi connectivity index (χ3n) is 2.44. The van der Waals surface area contributed by atoms with E-state index in [4.69, 9.17) is 14.2 Å². The molecule has 19 heavy (non-hydrogen) atoms. The minimum Gasteiger partial charge on any atom is -0.381 e. The molecule has 0 fully saturated rings. The molecule has 0 saturated heterocycles. The van der Waals surface area contributed by atoms with Gasteiger partial charge in [0, 0.05) is 26.4 Å². The van der Waals surface area contributed by atoms with E-state index in [9.17, 15) is 0 Å². The molecular weight excluding hydrogens is 240 g/mol. The van der Waals surface area contributed by atoms with Gasteiger partial charge in [-0.25, -0.2) is 0 Å². The summed E-state index contributed by atoms with van der Waals surface area (Å²) in [6, 6.07) is 0. The summed E-state index contributed by atoms with van der Waals surface area (Å²) in [5.74, 6) is 0. The lowest BCUT2D eigenvalue weighted by Gasteiger charge is -2.19. The average Bonchev–Trinajstić information content (AvgIpc) is 2.22. The van der Waals surface area contributed by atoms with Crippen LogP contribution in [0.25, 0.3) is 0 Å². The van der Waals surface area contributed by atoms with Gasteiger partial charge in [-0.05, 0) is 67.2 Å². The van der Waals surface area contributed by atoms with Crippen molar-refractivity contribution in [3.8, 4) is 0 Å². The highest BCUT2D eigenvalue weighted by molar-refractivity contribution is 4.59. The Hall–Kier alpha value is -0.120. The summed E-state index contributed by atoms with van der Waals surface area (Å²) in [7, 11) is 0. The van der Waals surface area contributed by atoms with Crippen LogP contribution in [0, 0.1) is 0 Å². The van der Waals surface area contributed by atoms with E-state index in [0.717, 1.165) is 45.7 Å². The summed E-state index contributed by atoms with van der Waals surface area (Å²) in [4.78, 5) is 0. The van der Waals surface area contributed by atoms with Gasteiger partial charge in [-0.1, -0.05) is 0 Å². The van der Waals surface area contributed by atoms with Crippen molar-refractivity contribution in [3.05, 3.63) is 0 Å². The molecule has 0 aliphatic rings. The third kappa shape index (κ3) is 17.9. The van der Waals surface area contributed by atoms with Crippen LogP contribution in [0.1, 0.15) is 67.2 Å². The lowest BCUT2D eigenvalue weighted by Crippen LogP contribution is -2.20. The lowest BCUT2D eigenvalue weighted by atomic mass is 10.2. The highest BCUT2D eigenvalue weighted by atomic mass is 16.5. The Bertz CT molecular complexity index is 179. The molecule has 0 aliphatic heterocycles. The molecule has 0 saturated carbocycles. The van der Waals surface area contributed by atoms with Gasteiger partial charge in [-0.3, -0.25) is 0 Å². The van der Waals surface area contributed by atoms with Crippen molar-refractivity contribution in [3.63, 3.8) is 0 Å². The topological polar surface area (TPSA) is 27.7 Å². The Morgan fingerprint density at radius 1 is 0.526 bits per heavy atom. The minimum absolute atomic E-state index is 0.0104. The predicted octanol–water partition coefficient (Wildman–Crippen LogP) is 4.19. The second-order valence-electron chi connectivity index (χ2n) is 6.95. The first-order valence-electron chi connectivity index (χ1n) is 7.56. The normalized spacial score (nSPS) is 12.9. The summed E-state index contributed by atoms with van der Waals surface area (Å²) >= 11 is 0. The number of ether oxygens (including phenoxy) is 3. The first-order valence-corrected chi connectivity index (χ1v) is 7.56. The summed E-state index contributed by atoms with van der Waals surface area (Å²) in [6.07, 6.45) is 4.39. The molecule has 0 aromatic carbocycles. The molecule has 0 aromatic rings. The van der Waals surface area contributed by atoms with Crippen molar-refractivity contribution in [1.82, 2.24) is 0 Å². The van der Waals surface area contributed by atoms with E-state index in [-0.39, 0.29) is 11.2 Å². The number of unbranched alkanes of at least 4 members (excludes halogenated alkanes) is 2. The number of hydrogen-bond acceptors (Lipinski definition) is 3. The number of hydrogen-bond donors (Lipinski definition) is 0. The van der Waals surface area contributed by atoms with Gasteiger partial charge >= 0.3 is 0 Å². The molecule has 0 atom stereocenters. The van der Waals surface area contributed by atoms with Crippen LogP contribution in [-0.2, 0) is 14.2 Å². The largest absolute Gasteiger partial charge is 0.381 e. The maximum atomic E-state index is 5.66. The van der Waals surface area contributed by atoms with Crippen molar-refractivity contribution >= 4 is 0 Å². The zero-order valence-corrected chi connectivity index (χ0v) is 13.9. The second kappa shape index (κ2) is 9.73. The molecule has 0 heterocycles. The fourth-order valence-electron chi connectivity index (χ4n) is 1.50. The third-order valence-corrected chi connectivity index (χ3v) is 2.44. The Morgan fingerprint density at radius 2 is 0.947 bits per heavy atom. The van der Waals surface area contributed by atoms with Crippen LogP contribution >= 0.6 is 0 Å². The monoisotopic (exact) mass is 274 g/mol. The van der Waals surface area contributed by atoms with Gasteiger partial charge in [0.1, 0.15) is 0 Å². The first-order chi connectivity index (χ1) is 8.71. The molecule has 0 bridgehead atoms. The van der Waals surface area contributed by atoms with Gasteiger partial charge in [0.25, 0.3) is 0 Å². The van der Waals surface area contributed by atoms with Crippen LogP contribution in [0.3, 0.4) is 0 Å². The van der Waals surface area contributed by atoms with E-state index >= 15 is 0 Å². The molecular formula is C16H34O3. The molecule has 0 spiro atoms. The molecule has 0 N–H and O–H groups in total. The lowest BCUT2D eigenvalue weighted by molar-refractivity contribution is -0.0146. The highest BCUT2D eigenvalue weighted by Gasteiger charge is 2.09. The molecule has 116 valence electrons. The van der Waals surface area contributed by atoms with E-state index in [2.05, 4.69) is 41.5 Å². The molecule has 3 nitrogen and oxygen atoms in total. The zero-order chi connectivity index (χ0) is 14.8. The SMILES string of the molecule is CC(C)(C)OCCCCCOCCCOC(C)(C)C. The van der Waals surface area contributed by atoms with Crippen molar-refractivity contribution in [1.29, 1.82) is 0 Å². The van der Waals surface area contributed by atoms with Crippen LogP contribution in [0.2, 0.25) is 0 Å². The van der Waals surface area contributed by atoms with Crippen LogP contribution in [0.4, 0.5) is 0 Å². The molecule has 3 heteroatoms. The highest BCUT2D eigenvalue weighted by Crippen LogP contribution is 2.09. The van der Waals surface area contributed by atoms with Gasteiger partial charge in [-0.15, -0.1) is 0 Å². The Kier molecular flexibility index (Phi) is 9.67. The molecule has 0 unspecified atom stereocenters. The smallest absolute Gasteiger partial charge is 0.0598 e. The van der Waals surface area contributed by atoms with Crippen molar-refractivity contribution < 1.29 is 14.2 Å². The Balaban J connectivity index is 3.12. The van der Waals surface area contributed by atoms with Crippen molar-refractivity contribution in [2.24, 2.45) is 0 Å². The van der Waals surface area contributed by atoms with Crippen LogP contribution in [0.15, 0.2) is 0 Å². The standard InChI is InChI=1S/C16H34O3/c1-15(2,3)18-13-9-7-8-11-17-12-10-14-19-16(4,5)6/h7-14H2,1-6H3. The molecule has 0 amide bonds. The fraction of sp³-hybridized carbons (Fsp3) is 1.00. The maximum Gasteiger partial charge on any atom is 0.0598 e. The van der Waals surface area contributed by atoms with E-state index in [1.807, 2.05) is 0 Å². The van der Waals surface area contributed by atoms with Gasteiger partial charge in [0.2, 0.25) is 0 Å². The van der Waals surface area contributed by atoms with E-state index in [1.165, 1.54) is 6.42 Å². The quantitative estimate of drug-likeness (QED) is 0.559. The van der Waals surface area contributed by atoms with Crippen LogP contribution < -0.4 is 0 Å². The average molecular weight is 274 g/mol. The Morgan fingerprint density at radius 3 is 1.47 bits per heavy atom. The van der Waals surface area contributed by atoms with Crippen molar-refractivity contribution in [2.75, 3.05) is 26.4 Å². The van der Waals surface area contributed by atoms with E-state index in [0.29, 0.717) is 0 Å². The summed E-state index contributed by atoms with van der Waals surface area (Å²) in [5, 5.41) is 0. The zero-order valence-electron chi connectivity index (χ0n) is 13.9. The van der Waals surface area contributed by atoms with Crippen LogP contribution in [0.5, 0.6) is 0 Å². The van der Waals surface area contributed by atoms with Crippen LogP contribution in [-0.4, -0.2) is 37.6 Å². The Labute approximate surface area is 120 Å². The van der Waals surface area contributed by atoms with Gasteiger partial charge in [0.05, 0.1) is 11.2 Å². The first kappa shape index (κ1) is 18.9. The van der Waals surface area contributed by atoms with Crippen molar-refractivity contribution in [2.45, 2.75) is 78.4 Å². The summed E-state index contributed by atoms with van der Waals surface area (Å²) in [5.41, 5.74) is -0.0450. The molecule has 0 aliphatic carbocycles. The van der Waals surface area contributed by atoms with Gasteiger partial charge < -0.3 is 14.2 Å². The summed E-state index contributed by atoms with van der Waals surface area (Å²) < 4.78 is 16.9. The molecule has 0 rings (SSSR count). The minimum atomic E-state index is -0.0347. The summed E-state index contributed by atoms with van der Waals surface area (Å²) in [6.45, 7) is 15.8. The maximum absolute atomic E-state index is 5.66. The molecule has 0 radical (unpaired) electrons. The van der Waals surface area contributed by atoms with Gasteiger partial charge in [-0.2, -0.15) is 0 Å². The van der Waals surface area contributed by atoms with E-state index < -0.39 is 0 Å². The second-order valence-corrected chi connectivity index (χ2v) is 6.95. The van der Waals surface area contributed by atoms with E-state index in [1.54, 1.807) is 0 Å². The molecule has 0 aromatic heterocycles. The predicted molar refractivity (Wildman–Crippen MR) is 80.7 cm³/mol. The van der Waals surface area contributed by atoms with Gasteiger partial charge in [0.15, 0.2) is 0 Å². The fourth-order valence-corrected chi connectivity index (χ4v) is 1.50.